The summed E-state index contributed by atoms with van der Waals surface area (Å²) in [4.78, 5) is 2.50. The number of anilines is 3. The maximum absolute atomic E-state index is 7.17. The van der Waals surface area contributed by atoms with Gasteiger partial charge in [-0.05, 0) is 114 Å². The standard InChI is InChI=1S/C58H43NO/c1-57(2)48-25-14-12-23-43(48)45-31-29-38(34-50(45)57)59(39-30-32-46-44-24-13-15-26-49(44)58(3,4)51(46)35-39)52-27-16-28-53-55(52)54-41-21-9-8-19-37(41)33-47(56(54)60-53)42-22-11-10-20-40(42)36-17-6-5-7-18-36/h5-35H,1-4H3. The van der Waals surface area contributed by atoms with Crippen LogP contribution < -0.4 is 4.90 Å². The van der Waals surface area contributed by atoms with Crippen molar-refractivity contribution in [3.8, 4) is 44.5 Å². The number of furan rings is 1. The van der Waals surface area contributed by atoms with Gasteiger partial charge in [-0.15, -0.1) is 0 Å². The van der Waals surface area contributed by atoms with E-state index < -0.39 is 0 Å². The molecule has 0 spiro atoms. The summed E-state index contributed by atoms with van der Waals surface area (Å²) in [5.41, 5.74) is 20.1. The number of rotatable bonds is 5. The fourth-order valence-corrected chi connectivity index (χ4v) is 10.7. The van der Waals surface area contributed by atoms with Crippen LogP contribution in [0, 0.1) is 0 Å². The van der Waals surface area contributed by atoms with Gasteiger partial charge in [-0.25, -0.2) is 0 Å². The third-order valence-electron chi connectivity index (χ3n) is 13.7. The van der Waals surface area contributed by atoms with E-state index >= 15 is 0 Å². The number of hydrogen-bond acceptors (Lipinski definition) is 2. The van der Waals surface area contributed by atoms with Crippen molar-refractivity contribution in [1.82, 2.24) is 0 Å². The van der Waals surface area contributed by atoms with Gasteiger partial charge in [0.25, 0.3) is 0 Å². The molecule has 0 bridgehead atoms. The normalized spacial score (nSPS) is 14.3. The average Bonchev–Trinajstić information content (AvgIpc) is 3.87. The molecule has 60 heavy (non-hydrogen) atoms. The molecule has 1 aromatic heterocycles. The van der Waals surface area contributed by atoms with Crippen molar-refractivity contribution in [1.29, 1.82) is 0 Å². The van der Waals surface area contributed by atoms with Gasteiger partial charge in [-0.1, -0.05) is 173 Å². The summed E-state index contributed by atoms with van der Waals surface area (Å²) >= 11 is 0. The Balaban J connectivity index is 1.16. The number of fused-ring (bicyclic) bond motifs is 11. The average molecular weight is 770 g/mol. The molecule has 0 saturated carbocycles. The van der Waals surface area contributed by atoms with Crippen LogP contribution in [0.5, 0.6) is 0 Å². The predicted octanol–water partition coefficient (Wildman–Crippen LogP) is 16.2. The summed E-state index contributed by atoms with van der Waals surface area (Å²) in [7, 11) is 0. The zero-order valence-corrected chi connectivity index (χ0v) is 34.3. The van der Waals surface area contributed by atoms with E-state index in [9.17, 15) is 0 Å². The van der Waals surface area contributed by atoms with Crippen LogP contribution in [0.4, 0.5) is 17.1 Å². The highest BCUT2D eigenvalue weighted by Crippen LogP contribution is 2.55. The summed E-state index contributed by atoms with van der Waals surface area (Å²) in [6, 6.07) is 69.2. The minimum Gasteiger partial charge on any atom is -0.455 e. The molecular formula is C58H43NO. The highest BCUT2D eigenvalue weighted by atomic mass is 16.3. The lowest BCUT2D eigenvalue weighted by Crippen LogP contribution is -2.18. The van der Waals surface area contributed by atoms with E-state index in [4.69, 9.17) is 4.42 Å². The molecule has 0 aliphatic heterocycles. The first kappa shape index (κ1) is 34.8. The maximum atomic E-state index is 7.17. The fraction of sp³-hybridized carbons (Fsp3) is 0.103. The minimum atomic E-state index is -0.152. The Hall–Kier alpha value is -7.16. The number of nitrogens with zero attached hydrogens (tertiary/aromatic N) is 1. The Morgan fingerprint density at radius 3 is 1.57 bits per heavy atom. The number of benzene rings is 9. The van der Waals surface area contributed by atoms with Gasteiger partial charge >= 0.3 is 0 Å². The van der Waals surface area contributed by atoms with Gasteiger partial charge in [0.2, 0.25) is 0 Å². The molecular weight excluding hydrogens is 727 g/mol. The van der Waals surface area contributed by atoms with Crippen LogP contribution in [-0.2, 0) is 10.8 Å². The van der Waals surface area contributed by atoms with Crippen molar-refractivity contribution in [3.05, 3.63) is 210 Å². The molecule has 9 aromatic carbocycles. The van der Waals surface area contributed by atoms with Gasteiger partial charge in [-0.2, -0.15) is 0 Å². The van der Waals surface area contributed by atoms with Crippen LogP contribution in [0.2, 0.25) is 0 Å². The van der Waals surface area contributed by atoms with Crippen LogP contribution in [0.1, 0.15) is 49.9 Å². The summed E-state index contributed by atoms with van der Waals surface area (Å²) in [6.07, 6.45) is 0. The Morgan fingerprint density at radius 2 is 0.917 bits per heavy atom. The second-order valence-electron chi connectivity index (χ2n) is 17.6. The van der Waals surface area contributed by atoms with Gasteiger partial charge in [0, 0.05) is 33.2 Å². The molecule has 2 nitrogen and oxygen atoms in total. The van der Waals surface area contributed by atoms with Gasteiger partial charge in [0.15, 0.2) is 0 Å². The SMILES string of the molecule is CC1(C)c2ccccc2-c2ccc(N(c3ccc4c(c3)C(C)(C)c3ccccc3-4)c3cccc4oc5c(-c6ccccc6-c6ccccc6)cc6ccccc6c5c34)cc21. The van der Waals surface area contributed by atoms with E-state index in [1.54, 1.807) is 0 Å². The van der Waals surface area contributed by atoms with Gasteiger partial charge < -0.3 is 9.32 Å². The van der Waals surface area contributed by atoms with Crippen molar-refractivity contribution in [3.63, 3.8) is 0 Å². The first-order valence-electron chi connectivity index (χ1n) is 21.1. The molecule has 1 heterocycles. The van der Waals surface area contributed by atoms with Crippen LogP contribution in [0.3, 0.4) is 0 Å². The molecule has 0 N–H and O–H groups in total. The first-order chi connectivity index (χ1) is 29.3. The molecule has 286 valence electrons. The highest BCUT2D eigenvalue weighted by molar-refractivity contribution is 6.26. The zero-order chi connectivity index (χ0) is 40.3. The monoisotopic (exact) mass is 769 g/mol. The second-order valence-corrected chi connectivity index (χ2v) is 17.6. The smallest absolute Gasteiger partial charge is 0.143 e. The lowest BCUT2D eigenvalue weighted by molar-refractivity contribution is 0.660. The number of hydrogen-bond donors (Lipinski definition) is 0. The van der Waals surface area contributed by atoms with Crippen LogP contribution >= 0.6 is 0 Å². The molecule has 2 heteroatoms. The Bertz CT molecular complexity index is 3280. The Morgan fingerprint density at radius 1 is 0.383 bits per heavy atom. The zero-order valence-electron chi connectivity index (χ0n) is 34.3. The maximum Gasteiger partial charge on any atom is 0.143 e. The first-order valence-corrected chi connectivity index (χ1v) is 21.1. The van der Waals surface area contributed by atoms with Crippen LogP contribution in [0.25, 0.3) is 77.2 Å². The fourth-order valence-electron chi connectivity index (χ4n) is 10.7. The second kappa shape index (κ2) is 12.7. The van der Waals surface area contributed by atoms with Gasteiger partial charge in [-0.3, -0.25) is 0 Å². The molecule has 2 aliphatic rings. The van der Waals surface area contributed by atoms with Gasteiger partial charge in [0.05, 0.1) is 11.1 Å². The Kier molecular flexibility index (Phi) is 7.36. The van der Waals surface area contributed by atoms with E-state index in [2.05, 4.69) is 221 Å². The van der Waals surface area contributed by atoms with Crippen LogP contribution in [-0.4, -0.2) is 0 Å². The van der Waals surface area contributed by atoms with E-state index in [1.165, 1.54) is 66.4 Å². The molecule has 2 aliphatic carbocycles. The van der Waals surface area contributed by atoms with Crippen molar-refractivity contribution in [2.45, 2.75) is 38.5 Å². The molecule has 0 atom stereocenters. The van der Waals surface area contributed by atoms with E-state index in [-0.39, 0.29) is 10.8 Å². The van der Waals surface area contributed by atoms with Crippen molar-refractivity contribution >= 4 is 49.8 Å². The van der Waals surface area contributed by atoms with Crippen LogP contribution in [0.15, 0.2) is 192 Å². The minimum absolute atomic E-state index is 0.152. The lowest BCUT2D eigenvalue weighted by atomic mass is 9.82. The summed E-state index contributed by atoms with van der Waals surface area (Å²) in [6.45, 7) is 9.47. The largest absolute Gasteiger partial charge is 0.455 e. The van der Waals surface area contributed by atoms with Crippen molar-refractivity contribution < 1.29 is 4.42 Å². The van der Waals surface area contributed by atoms with E-state index in [0.29, 0.717) is 0 Å². The Labute approximate surface area is 351 Å². The molecule has 10 aromatic rings. The highest BCUT2D eigenvalue weighted by Gasteiger charge is 2.38. The van der Waals surface area contributed by atoms with E-state index in [0.717, 1.165) is 50.1 Å². The quantitative estimate of drug-likeness (QED) is 0.173. The summed E-state index contributed by atoms with van der Waals surface area (Å²) < 4.78 is 7.17. The lowest BCUT2D eigenvalue weighted by Gasteiger charge is -2.30. The van der Waals surface area contributed by atoms with Crippen molar-refractivity contribution in [2.24, 2.45) is 0 Å². The van der Waals surface area contributed by atoms with E-state index in [1.807, 2.05) is 0 Å². The molecule has 0 amide bonds. The molecule has 12 rings (SSSR count). The predicted molar refractivity (Wildman–Crippen MR) is 252 cm³/mol. The van der Waals surface area contributed by atoms with Gasteiger partial charge in [0.1, 0.15) is 11.2 Å². The third-order valence-corrected chi connectivity index (χ3v) is 13.7. The molecule has 0 fully saturated rings. The molecule has 0 unspecified atom stereocenters. The third kappa shape index (κ3) is 4.88. The topological polar surface area (TPSA) is 16.4 Å². The van der Waals surface area contributed by atoms with Crippen molar-refractivity contribution in [2.75, 3.05) is 4.90 Å². The summed E-state index contributed by atoms with van der Waals surface area (Å²) in [5.74, 6) is 0. The molecule has 0 saturated heterocycles. The molecule has 0 radical (unpaired) electrons. The summed E-state index contributed by atoms with van der Waals surface area (Å²) in [5, 5.41) is 4.59.